The largest absolute Gasteiger partial charge is 0.0917 e. The quantitative estimate of drug-likeness (QED) is 0.313. The first-order valence-electron chi connectivity index (χ1n) is 4.84. The molecule has 0 aliphatic heterocycles. The first-order valence-corrected chi connectivity index (χ1v) is 4.84. The molecule has 0 bridgehead atoms. The van der Waals surface area contributed by atoms with Crippen LogP contribution in [0.15, 0.2) is 36.5 Å². The third-order valence-corrected chi connectivity index (χ3v) is 1.60. The van der Waals surface area contributed by atoms with Gasteiger partial charge in [0, 0.05) is 0 Å². The van der Waals surface area contributed by atoms with Crippen molar-refractivity contribution >= 4 is 0 Å². The van der Waals surface area contributed by atoms with Crippen molar-refractivity contribution in [2.45, 2.75) is 39.5 Å². The summed E-state index contributed by atoms with van der Waals surface area (Å²) in [6.45, 7) is 4.22. The van der Waals surface area contributed by atoms with Crippen molar-refractivity contribution in [3.8, 4) is 0 Å². The summed E-state index contributed by atoms with van der Waals surface area (Å²) in [5, 5.41) is 0. The van der Waals surface area contributed by atoms with Gasteiger partial charge in [0.1, 0.15) is 0 Å². The first-order chi connectivity index (χ1) is 5.91. The average Bonchev–Trinajstić information content (AvgIpc) is 2.10. The SMILES string of the molecule is C/C=C/CCC/C=C/C=C/CC. The maximum atomic E-state index is 2.23. The van der Waals surface area contributed by atoms with Gasteiger partial charge >= 0.3 is 0 Å². The molecule has 0 heteroatoms. The molecule has 0 aromatic heterocycles. The van der Waals surface area contributed by atoms with Gasteiger partial charge in [-0.25, -0.2) is 0 Å². The van der Waals surface area contributed by atoms with Crippen LogP contribution in [0.4, 0.5) is 0 Å². The van der Waals surface area contributed by atoms with Crippen molar-refractivity contribution in [2.24, 2.45) is 0 Å². The third kappa shape index (κ3) is 9.22. The zero-order chi connectivity index (χ0) is 9.07. The highest BCUT2D eigenvalue weighted by Gasteiger charge is 1.77. The second-order valence-corrected chi connectivity index (χ2v) is 2.76. The van der Waals surface area contributed by atoms with Crippen LogP contribution in [0.2, 0.25) is 0 Å². The van der Waals surface area contributed by atoms with Crippen molar-refractivity contribution in [1.82, 2.24) is 0 Å². The van der Waals surface area contributed by atoms with Gasteiger partial charge in [0.2, 0.25) is 0 Å². The Labute approximate surface area is 76.7 Å². The molecule has 0 N–H and O–H groups in total. The molecule has 0 aliphatic rings. The lowest BCUT2D eigenvalue weighted by Crippen LogP contribution is -1.67. The van der Waals surface area contributed by atoms with Crippen molar-refractivity contribution in [3.05, 3.63) is 36.5 Å². The fraction of sp³-hybridized carbons (Fsp3) is 0.500. The minimum atomic E-state index is 1.13. The Morgan fingerprint density at radius 2 is 1.58 bits per heavy atom. The summed E-state index contributed by atoms with van der Waals surface area (Å²) in [5.41, 5.74) is 0. The summed E-state index contributed by atoms with van der Waals surface area (Å²) in [6.07, 6.45) is 17.8. The molecule has 12 heavy (non-hydrogen) atoms. The van der Waals surface area contributed by atoms with Crippen molar-refractivity contribution < 1.29 is 0 Å². The van der Waals surface area contributed by atoms with Gasteiger partial charge in [-0.3, -0.25) is 0 Å². The van der Waals surface area contributed by atoms with Crippen LogP contribution in [0.25, 0.3) is 0 Å². The molecule has 0 fully saturated rings. The van der Waals surface area contributed by atoms with E-state index in [1.54, 1.807) is 0 Å². The second-order valence-electron chi connectivity index (χ2n) is 2.76. The van der Waals surface area contributed by atoms with Gasteiger partial charge < -0.3 is 0 Å². The normalized spacial score (nSPS) is 12.5. The molecule has 0 radical (unpaired) electrons. The topological polar surface area (TPSA) is 0 Å². The van der Waals surface area contributed by atoms with Gasteiger partial charge in [0.05, 0.1) is 0 Å². The van der Waals surface area contributed by atoms with Gasteiger partial charge in [0.25, 0.3) is 0 Å². The minimum absolute atomic E-state index is 1.13. The van der Waals surface area contributed by atoms with Gasteiger partial charge in [-0.2, -0.15) is 0 Å². The summed E-state index contributed by atoms with van der Waals surface area (Å²) in [6, 6.07) is 0. The Bertz CT molecular complexity index is 149. The van der Waals surface area contributed by atoms with E-state index in [0.29, 0.717) is 0 Å². The molecule has 0 amide bonds. The lowest BCUT2D eigenvalue weighted by Gasteiger charge is -1.87. The van der Waals surface area contributed by atoms with Crippen LogP contribution in [0.5, 0.6) is 0 Å². The second kappa shape index (κ2) is 10.2. The zero-order valence-electron chi connectivity index (χ0n) is 8.29. The maximum absolute atomic E-state index is 2.23. The van der Waals surface area contributed by atoms with Gasteiger partial charge in [-0.05, 0) is 32.6 Å². The number of hydrogen-bond donors (Lipinski definition) is 0. The van der Waals surface area contributed by atoms with E-state index in [9.17, 15) is 0 Å². The van der Waals surface area contributed by atoms with Crippen molar-refractivity contribution in [1.29, 1.82) is 0 Å². The smallest absolute Gasteiger partial charge is 0.0345 e. The van der Waals surface area contributed by atoms with Gasteiger partial charge in [0.15, 0.2) is 0 Å². The van der Waals surface area contributed by atoms with Crippen molar-refractivity contribution in [2.75, 3.05) is 0 Å². The molecule has 0 rings (SSSR count). The number of rotatable bonds is 6. The van der Waals surface area contributed by atoms with E-state index in [1.807, 2.05) is 0 Å². The van der Waals surface area contributed by atoms with Crippen LogP contribution in [-0.4, -0.2) is 0 Å². The summed E-state index contributed by atoms with van der Waals surface area (Å²) in [5.74, 6) is 0. The van der Waals surface area contributed by atoms with Crippen LogP contribution in [0.1, 0.15) is 39.5 Å². The molecular weight excluding hydrogens is 144 g/mol. The molecule has 0 saturated carbocycles. The molecule has 0 saturated heterocycles. The van der Waals surface area contributed by atoms with Gasteiger partial charge in [-0.15, -0.1) is 0 Å². The average molecular weight is 164 g/mol. The van der Waals surface area contributed by atoms with Gasteiger partial charge in [-0.1, -0.05) is 43.4 Å². The Morgan fingerprint density at radius 1 is 0.917 bits per heavy atom. The summed E-state index contributed by atoms with van der Waals surface area (Å²) in [7, 11) is 0. The predicted molar refractivity (Wildman–Crippen MR) is 57.2 cm³/mol. The number of allylic oxidation sites excluding steroid dienone is 6. The highest BCUT2D eigenvalue weighted by atomic mass is 13.8. The molecule has 0 aliphatic carbocycles. The van der Waals surface area contributed by atoms with Crippen molar-refractivity contribution in [3.63, 3.8) is 0 Å². The number of hydrogen-bond acceptors (Lipinski definition) is 0. The molecule has 0 aromatic carbocycles. The van der Waals surface area contributed by atoms with E-state index in [4.69, 9.17) is 0 Å². The van der Waals surface area contributed by atoms with E-state index in [1.165, 1.54) is 19.3 Å². The molecule has 0 atom stereocenters. The van der Waals surface area contributed by atoms with Crippen LogP contribution in [-0.2, 0) is 0 Å². The molecule has 0 heterocycles. The van der Waals surface area contributed by atoms with E-state index >= 15 is 0 Å². The fourth-order valence-electron chi connectivity index (χ4n) is 0.910. The molecule has 0 spiro atoms. The Morgan fingerprint density at radius 3 is 2.25 bits per heavy atom. The molecule has 68 valence electrons. The van der Waals surface area contributed by atoms with E-state index in [0.717, 1.165) is 6.42 Å². The van der Waals surface area contributed by atoms with E-state index < -0.39 is 0 Å². The van der Waals surface area contributed by atoms with E-state index in [-0.39, 0.29) is 0 Å². The first kappa shape index (κ1) is 11.2. The Balaban J connectivity index is 3.18. The zero-order valence-corrected chi connectivity index (χ0v) is 8.29. The lowest BCUT2D eigenvalue weighted by atomic mass is 10.2. The van der Waals surface area contributed by atoms with Crippen LogP contribution >= 0.6 is 0 Å². The number of unbranched alkanes of at least 4 members (excludes halogenated alkanes) is 2. The molecular formula is C12H20. The molecule has 0 nitrogen and oxygen atoms in total. The molecule has 0 unspecified atom stereocenters. The summed E-state index contributed by atoms with van der Waals surface area (Å²) in [4.78, 5) is 0. The van der Waals surface area contributed by atoms with E-state index in [2.05, 4.69) is 50.3 Å². The Kier molecular flexibility index (Phi) is 9.56. The third-order valence-electron chi connectivity index (χ3n) is 1.60. The Hall–Kier alpha value is -0.780. The summed E-state index contributed by atoms with van der Waals surface area (Å²) < 4.78 is 0. The highest BCUT2D eigenvalue weighted by molar-refractivity contribution is 5.01. The maximum Gasteiger partial charge on any atom is -0.0345 e. The predicted octanol–water partition coefficient (Wildman–Crippen LogP) is 4.26. The minimum Gasteiger partial charge on any atom is -0.0917 e. The fourth-order valence-corrected chi connectivity index (χ4v) is 0.910. The standard InChI is InChI=1S/C12H20/c1-3-5-7-9-11-12-10-8-6-4-2/h3,5-6,8,10,12H,4,7,9,11H2,1-2H3/b5-3+,8-6+,12-10+. The lowest BCUT2D eigenvalue weighted by molar-refractivity contribution is 0.867. The van der Waals surface area contributed by atoms with Crippen LogP contribution in [0, 0.1) is 0 Å². The summed E-state index contributed by atoms with van der Waals surface area (Å²) >= 11 is 0. The van der Waals surface area contributed by atoms with Crippen LogP contribution in [0.3, 0.4) is 0 Å². The molecule has 0 aromatic rings. The monoisotopic (exact) mass is 164 g/mol. The highest BCUT2D eigenvalue weighted by Crippen LogP contribution is 1.97. The van der Waals surface area contributed by atoms with Crippen LogP contribution < -0.4 is 0 Å².